The van der Waals surface area contributed by atoms with Crippen LogP contribution in [0.1, 0.15) is 70.9 Å². The van der Waals surface area contributed by atoms with E-state index in [9.17, 15) is 4.79 Å². The summed E-state index contributed by atoms with van der Waals surface area (Å²) in [6.07, 6.45) is 6.90. The molecule has 2 heterocycles. The molecule has 0 radical (unpaired) electrons. The number of hydrogen-bond donors (Lipinski definition) is 2. The van der Waals surface area contributed by atoms with Crippen molar-refractivity contribution in [3.8, 4) is 5.75 Å². The maximum atomic E-state index is 13.6. The van der Waals surface area contributed by atoms with Crippen LogP contribution in [-0.2, 0) is 4.79 Å². The van der Waals surface area contributed by atoms with E-state index in [1.54, 1.807) is 11.8 Å². The summed E-state index contributed by atoms with van der Waals surface area (Å²) in [5, 5.41) is 11.9. The number of fused-ring (bicyclic) bond motifs is 1. The van der Waals surface area contributed by atoms with Crippen molar-refractivity contribution in [1.29, 1.82) is 0 Å². The number of nitrogens with one attached hydrogen (secondary N) is 2. The number of amides is 1. The average molecular weight is 520 g/mol. The number of aromatic nitrogens is 3. The second-order valence-corrected chi connectivity index (χ2v) is 10.3. The largest absolute Gasteiger partial charge is 0.494 e. The van der Waals surface area contributed by atoms with Crippen LogP contribution in [0.3, 0.4) is 0 Å². The van der Waals surface area contributed by atoms with E-state index in [4.69, 9.17) is 14.8 Å². The van der Waals surface area contributed by atoms with E-state index in [2.05, 4.69) is 24.5 Å². The molecule has 0 saturated carbocycles. The first-order chi connectivity index (χ1) is 18.1. The van der Waals surface area contributed by atoms with Crippen molar-refractivity contribution in [3.05, 3.63) is 71.4 Å². The number of rotatable bonds is 13. The second kappa shape index (κ2) is 13.3. The van der Waals surface area contributed by atoms with Crippen LogP contribution in [0.5, 0.6) is 5.75 Å². The van der Waals surface area contributed by atoms with Crippen LogP contribution in [0.2, 0.25) is 0 Å². The SMILES string of the molecule is CCCCCCOc1ccc(C2C(C(=O)Nc3ccccc3)=C(C)Nc3nc(SCCCC)nn32)cc1. The van der Waals surface area contributed by atoms with E-state index in [0.29, 0.717) is 23.3 Å². The topological polar surface area (TPSA) is 81.1 Å². The van der Waals surface area contributed by atoms with Gasteiger partial charge in [-0.3, -0.25) is 4.79 Å². The summed E-state index contributed by atoms with van der Waals surface area (Å²) in [4.78, 5) is 18.3. The molecule has 1 aromatic heterocycles. The maximum absolute atomic E-state index is 13.6. The zero-order valence-corrected chi connectivity index (χ0v) is 22.8. The van der Waals surface area contributed by atoms with Gasteiger partial charge in [-0.15, -0.1) is 5.10 Å². The molecule has 3 aromatic rings. The molecule has 1 atom stereocenters. The van der Waals surface area contributed by atoms with Gasteiger partial charge in [0.2, 0.25) is 11.1 Å². The number of benzene rings is 2. The summed E-state index contributed by atoms with van der Waals surface area (Å²) < 4.78 is 7.79. The molecular weight excluding hydrogens is 482 g/mol. The minimum absolute atomic E-state index is 0.168. The van der Waals surface area contributed by atoms with Crippen molar-refractivity contribution in [2.24, 2.45) is 0 Å². The molecule has 0 saturated heterocycles. The third-order valence-corrected chi connectivity index (χ3v) is 7.22. The minimum atomic E-state index is -0.411. The first-order valence-electron chi connectivity index (χ1n) is 13.3. The molecule has 0 spiro atoms. The Morgan fingerprint density at radius 2 is 1.78 bits per heavy atom. The van der Waals surface area contributed by atoms with Gasteiger partial charge in [-0.2, -0.15) is 4.98 Å². The van der Waals surface area contributed by atoms with Crippen LogP contribution in [-0.4, -0.2) is 33.0 Å². The lowest BCUT2D eigenvalue weighted by atomic mass is 9.95. The van der Waals surface area contributed by atoms with E-state index in [-0.39, 0.29) is 5.91 Å². The molecular formula is C29H37N5O2S. The molecule has 0 fully saturated rings. The number of hydrogen-bond acceptors (Lipinski definition) is 6. The molecule has 2 N–H and O–H groups in total. The summed E-state index contributed by atoms with van der Waals surface area (Å²) in [6, 6.07) is 17.1. The Balaban J connectivity index is 1.60. The van der Waals surface area contributed by atoms with Gasteiger partial charge >= 0.3 is 0 Å². The zero-order valence-electron chi connectivity index (χ0n) is 22.0. The first-order valence-corrected chi connectivity index (χ1v) is 14.3. The molecule has 7 nitrogen and oxygen atoms in total. The average Bonchev–Trinajstić information content (AvgIpc) is 3.31. The van der Waals surface area contributed by atoms with Crippen LogP contribution in [0.15, 0.2) is 71.0 Å². The predicted octanol–water partition coefficient (Wildman–Crippen LogP) is 7.06. The summed E-state index contributed by atoms with van der Waals surface area (Å²) in [7, 11) is 0. The Morgan fingerprint density at radius 1 is 1.03 bits per heavy atom. The summed E-state index contributed by atoms with van der Waals surface area (Å²) >= 11 is 1.64. The molecule has 4 rings (SSSR count). The van der Waals surface area contributed by atoms with Crippen molar-refractivity contribution >= 4 is 29.3 Å². The van der Waals surface area contributed by atoms with Gasteiger partial charge in [0, 0.05) is 17.1 Å². The number of carbonyl (C=O) groups is 1. The Hall–Kier alpha value is -3.26. The standard InChI is InChI=1S/C29H37N5O2S/c1-4-6-8-12-19-36-24-17-15-22(16-18-24)26-25(27(35)31-23-13-10-9-11-14-23)21(3)30-28-32-29(33-34(26)28)37-20-7-5-2/h9-11,13-18,26H,4-8,12,19-20H2,1-3H3,(H,31,35)(H,30,32,33). The summed E-state index contributed by atoms with van der Waals surface area (Å²) in [6.45, 7) is 7.01. The number of allylic oxidation sites excluding steroid dienone is 1. The molecule has 0 bridgehead atoms. The van der Waals surface area contributed by atoms with Crippen molar-refractivity contribution in [2.75, 3.05) is 23.0 Å². The Labute approximate surface area is 224 Å². The number of carbonyl (C=O) groups excluding carboxylic acids is 1. The second-order valence-electron chi connectivity index (χ2n) is 9.23. The van der Waals surface area contributed by atoms with E-state index in [0.717, 1.165) is 47.7 Å². The van der Waals surface area contributed by atoms with Crippen molar-refractivity contribution in [1.82, 2.24) is 14.8 Å². The number of anilines is 2. The molecule has 37 heavy (non-hydrogen) atoms. The third kappa shape index (κ3) is 6.95. The van der Waals surface area contributed by atoms with Crippen LogP contribution in [0.25, 0.3) is 0 Å². The molecule has 0 aliphatic carbocycles. The number of unbranched alkanes of at least 4 members (excludes halogenated alkanes) is 4. The highest BCUT2D eigenvalue weighted by Gasteiger charge is 2.34. The van der Waals surface area contributed by atoms with Crippen LogP contribution in [0, 0.1) is 0 Å². The fourth-order valence-electron chi connectivity index (χ4n) is 4.29. The maximum Gasteiger partial charge on any atom is 0.255 e. The summed E-state index contributed by atoms with van der Waals surface area (Å²) in [5.41, 5.74) is 3.08. The van der Waals surface area contributed by atoms with E-state index in [1.165, 1.54) is 19.3 Å². The number of nitrogens with zero attached hydrogens (tertiary/aromatic N) is 3. The zero-order chi connectivity index (χ0) is 26.0. The molecule has 2 aromatic carbocycles. The monoisotopic (exact) mass is 519 g/mol. The Kier molecular flexibility index (Phi) is 9.65. The summed E-state index contributed by atoms with van der Waals surface area (Å²) in [5.74, 6) is 2.27. The molecule has 1 amide bonds. The Bertz CT molecular complexity index is 1190. The highest BCUT2D eigenvalue weighted by atomic mass is 32.2. The lowest BCUT2D eigenvalue weighted by molar-refractivity contribution is -0.113. The van der Waals surface area contributed by atoms with Gasteiger partial charge in [0.05, 0.1) is 12.2 Å². The molecule has 196 valence electrons. The fraction of sp³-hybridized carbons (Fsp3) is 0.414. The van der Waals surface area contributed by atoms with Gasteiger partial charge < -0.3 is 15.4 Å². The highest BCUT2D eigenvalue weighted by molar-refractivity contribution is 7.99. The molecule has 1 aliphatic rings. The van der Waals surface area contributed by atoms with E-state index < -0.39 is 6.04 Å². The minimum Gasteiger partial charge on any atom is -0.494 e. The number of ether oxygens (including phenoxy) is 1. The van der Waals surface area contributed by atoms with E-state index in [1.807, 2.05) is 66.2 Å². The highest BCUT2D eigenvalue weighted by Crippen LogP contribution is 2.37. The lowest BCUT2D eigenvalue weighted by Gasteiger charge is -2.28. The van der Waals surface area contributed by atoms with Crippen LogP contribution >= 0.6 is 11.8 Å². The van der Waals surface area contributed by atoms with Crippen molar-refractivity contribution < 1.29 is 9.53 Å². The lowest BCUT2D eigenvalue weighted by Crippen LogP contribution is -2.31. The van der Waals surface area contributed by atoms with Crippen LogP contribution in [0.4, 0.5) is 11.6 Å². The van der Waals surface area contributed by atoms with Gasteiger partial charge in [0.25, 0.3) is 5.91 Å². The normalized spacial score (nSPS) is 14.7. The van der Waals surface area contributed by atoms with Crippen molar-refractivity contribution in [3.63, 3.8) is 0 Å². The third-order valence-electron chi connectivity index (χ3n) is 6.30. The quantitative estimate of drug-likeness (QED) is 0.186. The van der Waals surface area contributed by atoms with Gasteiger partial charge in [0.15, 0.2) is 0 Å². The van der Waals surface area contributed by atoms with Crippen LogP contribution < -0.4 is 15.4 Å². The molecule has 1 aliphatic heterocycles. The molecule has 8 heteroatoms. The smallest absolute Gasteiger partial charge is 0.255 e. The van der Waals surface area contributed by atoms with Gasteiger partial charge in [-0.05, 0) is 49.6 Å². The van der Waals surface area contributed by atoms with Gasteiger partial charge in [0.1, 0.15) is 11.8 Å². The Morgan fingerprint density at radius 3 is 2.51 bits per heavy atom. The van der Waals surface area contributed by atoms with E-state index >= 15 is 0 Å². The van der Waals surface area contributed by atoms with Gasteiger partial charge in [-0.25, -0.2) is 4.68 Å². The van der Waals surface area contributed by atoms with Gasteiger partial charge in [-0.1, -0.05) is 81.6 Å². The fourth-order valence-corrected chi connectivity index (χ4v) is 5.20. The molecule has 1 unspecified atom stereocenters. The first kappa shape index (κ1) is 26.8. The predicted molar refractivity (Wildman–Crippen MR) is 151 cm³/mol. The number of para-hydroxylation sites is 1. The van der Waals surface area contributed by atoms with Crippen molar-refractivity contribution in [2.45, 2.75) is 70.5 Å². The number of thioether (sulfide) groups is 1.